The molecule has 0 heterocycles. The minimum atomic E-state index is -0.886. The maximum atomic E-state index is 12.4. The summed E-state index contributed by atoms with van der Waals surface area (Å²) in [4.78, 5) is 35.7. The summed E-state index contributed by atoms with van der Waals surface area (Å²) in [5.74, 6) is -0.726. The van der Waals surface area contributed by atoms with E-state index in [-0.39, 0.29) is 52.2 Å². The minimum Gasteiger partial charge on any atom is -0.478 e. The standard InChI is InChI=1S/C34H52O7/c1-19(11-10-12-20(2)30(38)39)24-17-28(41-22(4)36)34(9)29-23(13-16-33(24,34)8)32(7)15-14-27(40-21(3)35)31(5,6)26(32)18-25(29)37/h12,19,24-28,37H,10-11,13-18H2,1-9H3,(H,38,39)/b20-12+/t19-,24-,25?,26+,27?,28?,32-,33-,34+/m1/s1. The Kier molecular flexibility index (Phi) is 8.40. The number of carbonyl (C=O) groups is 3. The van der Waals surface area contributed by atoms with Gasteiger partial charge < -0.3 is 19.7 Å². The first-order valence-corrected chi connectivity index (χ1v) is 15.6. The van der Waals surface area contributed by atoms with Crippen LogP contribution in [0.15, 0.2) is 22.8 Å². The number of hydrogen-bond acceptors (Lipinski definition) is 6. The molecule has 0 amide bonds. The second-order valence-electron chi connectivity index (χ2n) is 14.9. The molecule has 230 valence electrons. The molecule has 7 heteroatoms. The Labute approximate surface area is 246 Å². The van der Waals surface area contributed by atoms with Crippen molar-refractivity contribution in [2.45, 2.75) is 132 Å². The number of aliphatic hydroxyl groups excluding tert-OH is 1. The molecule has 0 spiro atoms. The van der Waals surface area contributed by atoms with Crippen LogP contribution < -0.4 is 0 Å². The zero-order valence-electron chi connectivity index (χ0n) is 26.6. The molecule has 0 aromatic rings. The van der Waals surface area contributed by atoms with Crippen LogP contribution in [0.4, 0.5) is 0 Å². The van der Waals surface area contributed by atoms with Gasteiger partial charge in [0.25, 0.3) is 0 Å². The Morgan fingerprint density at radius 1 is 0.976 bits per heavy atom. The van der Waals surface area contributed by atoms with Crippen LogP contribution in [-0.2, 0) is 23.9 Å². The first-order chi connectivity index (χ1) is 18.9. The van der Waals surface area contributed by atoms with Crippen LogP contribution in [0.25, 0.3) is 0 Å². The Morgan fingerprint density at radius 2 is 1.59 bits per heavy atom. The van der Waals surface area contributed by atoms with E-state index in [1.54, 1.807) is 13.0 Å². The van der Waals surface area contributed by atoms with Gasteiger partial charge in [-0.3, -0.25) is 9.59 Å². The zero-order valence-corrected chi connectivity index (χ0v) is 26.6. The molecule has 9 atom stereocenters. The van der Waals surface area contributed by atoms with Gasteiger partial charge in [0, 0.05) is 30.3 Å². The van der Waals surface area contributed by atoms with Gasteiger partial charge in [-0.15, -0.1) is 0 Å². The smallest absolute Gasteiger partial charge is 0.330 e. The highest BCUT2D eigenvalue weighted by molar-refractivity contribution is 5.85. The van der Waals surface area contributed by atoms with Crippen LogP contribution in [0.5, 0.6) is 0 Å². The fraction of sp³-hybridized carbons (Fsp3) is 0.794. The van der Waals surface area contributed by atoms with Crippen molar-refractivity contribution in [2.75, 3.05) is 0 Å². The van der Waals surface area contributed by atoms with Gasteiger partial charge in [0.05, 0.1) is 6.10 Å². The number of aliphatic carboxylic acids is 1. The first-order valence-electron chi connectivity index (χ1n) is 15.6. The van der Waals surface area contributed by atoms with Crippen LogP contribution in [0.2, 0.25) is 0 Å². The first kappa shape index (κ1) is 31.8. The van der Waals surface area contributed by atoms with Crippen molar-refractivity contribution in [3.05, 3.63) is 22.8 Å². The molecule has 2 saturated carbocycles. The van der Waals surface area contributed by atoms with E-state index in [0.29, 0.717) is 24.3 Å². The predicted octanol–water partition coefficient (Wildman–Crippen LogP) is 6.63. The second kappa shape index (κ2) is 10.8. The highest BCUT2D eigenvalue weighted by Gasteiger charge is 2.69. The number of carboxylic acid groups (broad SMARTS) is 1. The number of fused-ring (bicyclic) bond motifs is 4. The highest BCUT2D eigenvalue weighted by atomic mass is 16.5. The minimum absolute atomic E-state index is 0.136. The Morgan fingerprint density at radius 3 is 2.17 bits per heavy atom. The van der Waals surface area contributed by atoms with E-state index in [1.165, 1.54) is 19.4 Å². The number of allylic oxidation sites excluding steroid dienone is 2. The van der Waals surface area contributed by atoms with Crippen molar-refractivity contribution in [3.63, 3.8) is 0 Å². The average molecular weight is 573 g/mol. The van der Waals surface area contributed by atoms with Gasteiger partial charge in [-0.1, -0.05) is 53.2 Å². The fourth-order valence-electron chi connectivity index (χ4n) is 10.2. The topological polar surface area (TPSA) is 110 Å². The largest absolute Gasteiger partial charge is 0.478 e. The van der Waals surface area contributed by atoms with Crippen LogP contribution >= 0.6 is 0 Å². The van der Waals surface area contributed by atoms with Crippen LogP contribution in [-0.4, -0.2) is 46.4 Å². The number of carbonyl (C=O) groups excluding carboxylic acids is 2. The number of hydrogen-bond donors (Lipinski definition) is 2. The van der Waals surface area contributed by atoms with E-state index < -0.39 is 17.5 Å². The van der Waals surface area contributed by atoms with E-state index in [4.69, 9.17) is 9.47 Å². The lowest BCUT2D eigenvalue weighted by molar-refractivity contribution is -0.171. The molecule has 0 aromatic carbocycles. The SMILES string of the molecule is CC(=O)OC1CC[C@]2(C)C3=C(C(O)C[C@H]2C1(C)C)[C@]1(C)C(OC(C)=O)C[C@H]([C@H](C)CC/C=C(\C)C(=O)O)[C@@]1(C)CC3. The van der Waals surface area contributed by atoms with Crippen LogP contribution in [0.3, 0.4) is 0 Å². The number of carboxylic acids is 1. The third kappa shape index (κ3) is 4.98. The molecule has 0 aliphatic heterocycles. The van der Waals surface area contributed by atoms with Crippen molar-refractivity contribution in [3.8, 4) is 0 Å². The van der Waals surface area contributed by atoms with E-state index in [9.17, 15) is 24.6 Å². The highest BCUT2D eigenvalue weighted by Crippen LogP contribution is 2.73. The molecule has 0 saturated heterocycles. The summed E-state index contributed by atoms with van der Waals surface area (Å²) in [6, 6.07) is 0. The molecule has 4 aliphatic carbocycles. The lowest BCUT2D eigenvalue weighted by Crippen LogP contribution is -2.59. The maximum Gasteiger partial charge on any atom is 0.330 e. The second-order valence-corrected chi connectivity index (χ2v) is 14.9. The van der Waals surface area contributed by atoms with Gasteiger partial charge in [0.15, 0.2) is 0 Å². The third-order valence-corrected chi connectivity index (χ3v) is 12.5. The van der Waals surface area contributed by atoms with Crippen molar-refractivity contribution in [1.82, 2.24) is 0 Å². The molecule has 0 radical (unpaired) electrons. The Hall–Kier alpha value is -2.15. The summed E-state index contributed by atoms with van der Waals surface area (Å²) in [6.45, 7) is 18.1. The zero-order chi connectivity index (χ0) is 30.7. The summed E-state index contributed by atoms with van der Waals surface area (Å²) in [5.41, 5.74) is 1.67. The fourth-order valence-corrected chi connectivity index (χ4v) is 10.2. The molecular weight excluding hydrogens is 520 g/mol. The van der Waals surface area contributed by atoms with Gasteiger partial charge in [-0.05, 0) is 92.4 Å². The molecule has 0 aromatic heterocycles. The van der Waals surface area contributed by atoms with Gasteiger partial charge in [0.1, 0.15) is 12.2 Å². The molecule has 41 heavy (non-hydrogen) atoms. The summed E-state index contributed by atoms with van der Waals surface area (Å²) in [7, 11) is 0. The number of esters is 2. The number of rotatable bonds is 7. The van der Waals surface area contributed by atoms with Gasteiger partial charge in [-0.2, -0.15) is 0 Å². The van der Waals surface area contributed by atoms with E-state index in [0.717, 1.165) is 44.1 Å². The van der Waals surface area contributed by atoms with E-state index >= 15 is 0 Å². The number of ether oxygens (including phenoxy) is 2. The number of aliphatic hydroxyl groups is 1. The summed E-state index contributed by atoms with van der Waals surface area (Å²) in [5, 5.41) is 21.3. The molecule has 4 rings (SSSR count). The maximum absolute atomic E-state index is 12.4. The van der Waals surface area contributed by atoms with Gasteiger partial charge in [0.2, 0.25) is 0 Å². The monoisotopic (exact) mass is 572 g/mol. The molecule has 0 bridgehead atoms. The summed E-state index contributed by atoms with van der Waals surface area (Å²) in [6.07, 6.45) is 7.04. The molecule has 7 nitrogen and oxygen atoms in total. The third-order valence-electron chi connectivity index (χ3n) is 12.5. The molecule has 2 N–H and O–H groups in total. The van der Waals surface area contributed by atoms with Crippen LogP contribution in [0.1, 0.15) is 114 Å². The van der Waals surface area contributed by atoms with Crippen LogP contribution in [0, 0.1) is 39.4 Å². The molecule has 4 aliphatic rings. The van der Waals surface area contributed by atoms with Crippen molar-refractivity contribution in [1.29, 1.82) is 0 Å². The van der Waals surface area contributed by atoms with E-state index in [1.807, 2.05) is 0 Å². The predicted molar refractivity (Wildman–Crippen MR) is 157 cm³/mol. The van der Waals surface area contributed by atoms with Gasteiger partial charge in [-0.25, -0.2) is 4.79 Å². The Balaban J connectivity index is 1.75. The lowest BCUT2D eigenvalue weighted by Gasteiger charge is -2.63. The molecule has 3 unspecified atom stereocenters. The lowest BCUT2D eigenvalue weighted by atomic mass is 9.42. The van der Waals surface area contributed by atoms with Gasteiger partial charge >= 0.3 is 17.9 Å². The summed E-state index contributed by atoms with van der Waals surface area (Å²) < 4.78 is 11.9. The average Bonchev–Trinajstić information content (AvgIpc) is 3.08. The molecule has 2 fully saturated rings. The van der Waals surface area contributed by atoms with Crippen molar-refractivity contribution in [2.24, 2.45) is 39.4 Å². The van der Waals surface area contributed by atoms with E-state index in [2.05, 4.69) is 41.5 Å². The summed E-state index contributed by atoms with van der Waals surface area (Å²) >= 11 is 0. The normalized spacial score (nSPS) is 40.6. The molecular formula is C34H52O7. The Bertz CT molecular complexity index is 1150. The quantitative estimate of drug-likeness (QED) is 0.200. The van der Waals surface area contributed by atoms with Crippen molar-refractivity contribution < 1.29 is 34.1 Å². The van der Waals surface area contributed by atoms with Crippen molar-refractivity contribution >= 4 is 17.9 Å².